The topological polar surface area (TPSA) is 0 Å². The van der Waals surface area contributed by atoms with Crippen molar-refractivity contribution in [1.82, 2.24) is 0 Å². The molecule has 12 aromatic rings. The minimum atomic E-state index is 1.24. The first-order valence-electron chi connectivity index (χ1n) is 19.5. The SMILES string of the molecule is c1ccc(-c2c3ccccc3c(-c3cc4ccc5ccc(-c6c7ccccc7c(-c7ccccc7)c7ccccc67)c6ccc(c3)c4c56)c3ccccc23)cc1. The van der Waals surface area contributed by atoms with E-state index in [0.29, 0.717) is 0 Å². The smallest absolute Gasteiger partial charge is 0.00201 e. The van der Waals surface area contributed by atoms with Crippen molar-refractivity contribution in [2.45, 2.75) is 0 Å². The Morgan fingerprint density at radius 3 is 0.982 bits per heavy atom. The number of hydrogen-bond donors (Lipinski definition) is 0. The quantitative estimate of drug-likeness (QED) is 0.126. The summed E-state index contributed by atoms with van der Waals surface area (Å²) in [6.45, 7) is 0. The molecule has 0 amide bonds. The Balaban J connectivity index is 1.14. The van der Waals surface area contributed by atoms with Gasteiger partial charge in [0.05, 0.1) is 0 Å². The molecule has 56 heavy (non-hydrogen) atoms. The fourth-order valence-corrected chi connectivity index (χ4v) is 9.87. The van der Waals surface area contributed by atoms with E-state index in [1.54, 1.807) is 0 Å². The molecule has 0 atom stereocenters. The zero-order chi connectivity index (χ0) is 36.7. The molecule has 0 heteroatoms. The first-order chi connectivity index (χ1) is 27.8. The Morgan fingerprint density at radius 1 is 0.196 bits per heavy atom. The summed E-state index contributed by atoms with van der Waals surface area (Å²) in [5.74, 6) is 0. The normalized spacial score (nSPS) is 11.9. The molecule has 12 rings (SSSR count). The van der Waals surface area contributed by atoms with Crippen LogP contribution in [-0.4, -0.2) is 0 Å². The average molecular weight is 707 g/mol. The van der Waals surface area contributed by atoms with Gasteiger partial charge in [0.2, 0.25) is 0 Å². The molecule has 0 aliphatic carbocycles. The first kappa shape index (κ1) is 31.1. The van der Waals surface area contributed by atoms with Gasteiger partial charge in [0.1, 0.15) is 0 Å². The highest BCUT2D eigenvalue weighted by molar-refractivity contribution is 6.30. The van der Waals surface area contributed by atoms with Crippen LogP contribution >= 0.6 is 0 Å². The maximum absolute atomic E-state index is 2.43. The molecule has 0 aliphatic rings. The fraction of sp³-hybridized carbons (Fsp3) is 0. The number of hydrogen-bond acceptors (Lipinski definition) is 0. The average Bonchev–Trinajstić information content (AvgIpc) is 3.27. The van der Waals surface area contributed by atoms with E-state index in [0.717, 1.165) is 0 Å². The number of rotatable bonds is 4. The number of benzene rings is 12. The van der Waals surface area contributed by atoms with Crippen molar-refractivity contribution in [3.63, 3.8) is 0 Å². The van der Waals surface area contributed by atoms with Crippen molar-refractivity contribution in [1.29, 1.82) is 0 Å². The van der Waals surface area contributed by atoms with Crippen LogP contribution in [0.2, 0.25) is 0 Å². The fourth-order valence-electron chi connectivity index (χ4n) is 9.87. The van der Waals surface area contributed by atoms with Crippen molar-refractivity contribution < 1.29 is 0 Å². The van der Waals surface area contributed by atoms with Crippen LogP contribution in [0.1, 0.15) is 0 Å². The van der Waals surface area contributed by atoms with Gasteiger partial charge in [-0.05, 0) is 132 Å². The summed E-state index contributed by atoms with van der Waals surface area (Å²) in [6, 6.07) is 76.5. The van der Waals surface area contributed by atoms with E-state index in [1.165, 1.54) is 120 Å². The Morgan fingerprint density at radius 2 is 0.536 bits per heavy atom. The third-order valence-electron chi connectivity index (χ3n) is 12.1. The van der Waals surface area contributed by atoms with Crippen LogP contribution in [0.5, 0.6) is 0 Å². The predicted octanol–water partition coefficient (Wildman–Crippen LogP) is 15.9. The molecule has 0 N–H and O–H groups in total. The third-order valence-corrected chi connectivity index (χ3v) is 12.1. The summed E-state index contributed by atoms with van der Waals surface area (Å²) in [7, 11) is 0. The van der Waals surface area contributed by atoms with E-state index < -0.39 is 0 Å². The van der Waals surface area contributed by atoms with Gasteiger partial charge >= 0.3 is 0 Å². The second-order valence-corrected chi connectivity index (χ2v) is 15.1. The van der Waals surface area contributed by atoms with Gasteiger partial charge in [-0.2, -0.15) is 0 Å². The Hall–Kier alpha value is -7.28. The zero-order valence-electron chi connectivity index (χ0n) is 30.6. The molecule has 0 saturated carbocycles. The van der Waals surface area contributed by atoms with Crippen LogP contribution in [0.25, 0.3) is 120 Å². The molecule has 0 radical (unpaired) electrons. The zero-order valence-corrected chi connectivity index (χ0v) is 30.6. The molecular formula is C56H34. The molecule has 0 saturated heterocycles. The molecule has 0 spiro atoms. The predicted molar refractivity (Wildman–Crippen MR) is 242 cm³/mol. The largest absolute Gasteiger partial charge is 0.0622 e. The van der Waals surface area contributed by atoms with Crippen LogP contribution in [0.3, 0.4) is 0 Å². The standard InChI is InChI=1S/C56H34/c1-3-15-35(16-4-1)52-41-19-7-9-21-43(41)54(44-22-10-8-20-42(44)52)40-33-38-28-27-37-29-31-50(49-32-30-39(34-40)51(38)55(37)49)56-47-25-13-11-23-45(47)53(36-17-5-2-6-18-36)46-24-12-14-26-48(46)56/h1-34H. The van der Waals surface area contributed by atoms with E-state index in [2.05, 4.69) is 206 Å². The Kier molecular flexibility index (Phi) is 6.73. The van der Waals surface area contributed by atoms with Crippen molar-refractivity contribution in [2.24, 2.45) is 0 Å². The monoisotopic (exact) mass is 706 g/mol. The molecule has 0 bridgehead atoms. The lowest BCUT2D eigenvalue weighted by Gasteiger charge is -2.21. The molecule has 0 fully saturated rings. The Bertz CT molecular complexity index is 3370. The molecule has 0 heterocycles. The summed E-state index contributed by atoms with van der Waals surface area (Å²) in [4.78, 5) is 0. The highest BCUT2D eigenvalue weighted by Gasteiger charge is 2.21. The second kappa shape index (κ2) is 12.1. The van der Waals surface area contributed by atoms with E-state index in [1.807, 2.05) is 0 Å². The summed E-state index contributed by atoms with van der Waals surface area (Å²) in [6.07, 6.45) is 0. The maximum atomic E-state index is 2.43. The third kappa shape index (κ3) is 4.48. The van der Waals surface area contributed by atoms with Crippen LogP contribution in [0.15, 0.2) is 206 Å². The lowest BCUT2D eigenvalue weighted by molar-refractivity contribution is 1.66. The number of fused-ring (bicyclic) bond motifs is 4. The van der Waals surface area contributed by atoms with E-state index in [4.69, 9.17) is 0 Å². The molecule has 0 unspecified atom stereocenters. The molecule has 0 aliphatic heterocycles. The van der Waals surface area contributed by atoms with Gasteiger partial charge in [0.15, 0.2) is 0 Å². The van der Waals surface area contributed by atoms with E-state index in [9.17, 15) is 0 Å². The van der Waals surface area contributed by atoms with Crippen LogP contribution in [0, 0.1) is 0 Å². The van der Waals surface area contributed by atoms with Gasteiger partial charge in [0, 0.05) is 0 Å². The molecule has 12 aromatic carbocycles. The van der Waals surface area contributed by atoms with Crippen LogP contribution in [0.4, 0.5) is 0 Å². The Labute approximate surface area is 324 Å². The van der Waals surface area contributed by atoms with Crippen molar-refractivity contribution >= 4 is 75.4 Å². The molecule has 0 nitrogen and oxygen atoms in total. The van der Waals surface area contributed by atoms with Gasteiger partial charge in [-0.1, -0.05) is 194 Å². The first-order valence-corrected chi connectivity index (χ1v) is 19.5. The van der Waals surface area contributed by atoms with Gasteiger partial charge < -0.3 is 0 Å². The van der Waals surface area contributed by atoms with Crippen LogP contribution in [-0.2, 0) is 0 Å². The maximum Gasteiger partial charge on any atom is -0.00201 e. The van der Waals surface area contributed by atoms with Crippen molar-refractivity contribution in [2.75, 3.05) is 0 Å². The highest BCUT2D eigenvalue weighted by atomic mass is 14.2. The lowest BCUT2D eigenvalue weighted by atomic mass is 9.82. The highest BCUT2D eigenvalue weighted by Crippen LogP contribution is 2.49. The van der Waals surface area contributed by atoms with Crippen molar-refractivity contribution in [3.05, 3.63) is 206 Å². The lowest BCUT2D eigenvalue weighted by Crippen LogP contribution is -1.93. The molecule has 0 aromatic heterocycles. The minimum Gasteiger partial charge on any atom is -0.0622 e. The summed E-state index contributed by atoms with van der Waals surface area (Å²) in [5.41, 5.74) is 10.2. The minimum absolute atomic E-state index is 1.24. The van der Waals surface area contributed by atoms with Gasteiger partial charge in [-0.15, -0.1) is 0 Å². The van der Waals surface area contributed by atoms with E-state index in [-0.39, 0.29) is 0 Å². The van der Waals surface area contributed by atoms with Crippen LogP contribution < -0.4 is 0 Å². The van der Waals surface area contributed by atoms with Crippen molar-refractivity contribution in [3.8, 4) is 44.5 Å². The summed E-state index contributed by atoms with van der Waals surface area (Å²) in [5, 5.41) is 18.0. The van der Waals surface area contributed by atoms with E-state index >= 15 is 0 Å². The second-order valence-electron chi connectivity index (χ2n) is 15.1. The summed E-state index contributed by atoms with van der Waals surface area (Å²) < 4.78 is 0. The van der Waals surface area contributed by atoms with Gasteiger partial charge in [0.25, 0.3) is 0 Å². The molecular weight excluding hydrogens is 673 g/mol. The summed E-state index contributed by atoms with van der Waals surface area (Å²) >= 11 is 0. The van der Waals surface area contributed by atoms with Gasteiger partial charge in [-0.3, -0.25) is 0 Å². The molecule has 258 valence electrons. The van der Waals surface area contributed by atoms with Gasteiger partial charge in [-0.25, -0.2) is 0 Å².